The van der Waals surface area contributed by atoms with Gasteiger partial charge in [-0.15, -0.1) is 0 Å². The number of rotatable bonds is 2. The Kier molecular flexibility index (Phi) is 1.99. The van der Waals surface area contributed by atoms with Gasteiger partial charge in [-0.3, -0.25) is 5.32 Å². The molecule has 4 unspecified atom stereocenters. The van der Waals surface area contributed by atoms with Gasteiger partial charge in [0.25, 0.3) is 0 Å². The van der Waals surface area contributed by atoms with E-state index in [1.165, 1.54) is 0 Å². The number of amides is 1. The van der Waals surface area contributed by atoms with E-state index in [0.29, 0.717) is 17.5 Å². The Morgan fingerprint density at radius 2 is 2.00 bits per heavy atom. The van der Waals surface area contributed by atoms with E-state index in [2.05, 4.69) is 5.32 Å². The second kappa shape index (κ2) is 3.46. The molecule has 18 heavy (non-hydrogen) atoms. The van der Waals surface area contributed by atoms with Crippen molar-refractivity contribution in [2.75, 3.05) is 5.32 Å². The lowest BCUT2D eigenvalue weighted by molar-refractivity contribution is 0.0752. The molecule has 5 rings (SSSR count). The number of carbonyl (C=O) groups is 1. The van der Waals surface area contributed by atoms with Crippen LogP contribution in [-0.4, -0.2) is 18.4 Å². The van der Waals surface area contributed by atoms with Gasteiger partial charge < -0.3 is 4.74 Å². The summed E-state index contributed by atoms with van der Waals surface area (Å²) < 4.78 is 19.1. The lowest BCUT2D eigenvalue weighted by atomic mass is 10.1. The third-order valence-electron chi connectivity index (χ3n) is 4.68. The molecule has 4 bridgehead atoms. The van der Waals surface area contributed by atoms with E-state index in [-0.39, 0.29) is 17.9 Å². The third-order valence-corrected chi connectivity index (χ3v) is 4.68. The van der Waals surface area contributed by atoms with Crippen LogP contribution in [-0.2, 0) is 4.74 Å². The predicted molar refractivity (Wildman–Crippen MR) is 63.8 cm³/mol. The number of hydrogen-bond acceptors (Lipinski definition) is 2. The summed E-state index contributed by atoms with van der Waals surface area (Å²) in [7, 11) is 0. The Bertz CT molecular complexity index is 492. The minimum absolute atomic E-state index is 0.0495. The van der Waals surface area contributed by atoms with Crippen LogP contribution < -0.4 is 5.32 Å². The molecule has 0 heterocycles. The number of ether oxygens (including phenoxy) is 1. The molecular formula is C14H14FNO2. The van der Waals surface area contributed by atoms with Crippen molar-refractivity contribution in [3.63, 3.8) is 0 Å². The summed E-state index contributed by atoms with van der Waals surface area (Å²) in [6, 6.07) is 9.17. The maximum absolute atomic E-state index is 13.7. The number of hydrogen-bond donors (Lipinski definition) is 1. The number of alkyl halides is 1. The molecule has 0 aromatic heterocycles. The van der Waals surface area contributed by atoms with Gasteiger partial charge in [0.15, 0.2) is 0 Å². The lowest BCUT2D eigenvalue weighted by Gasteiger charge is -2.17. The van der Waals surface area contributed by atoms with Crippen molar-refractivity contribution in [2.24, 2.45) is 23.7 Å². The predicted octanol–water partition coefficient (Wildman–Crippen LogP) is 2.84. The first-order valence-electron chi connectivity index (χ1n) is 6.42. The van der Waals surface area contributed by atoms with Crippen LogP contribution in [0.25, 0.3) is 0 Å². The molecule has 0 aliphatic heterocycles. The molecule has 4 aliphatic rings. The summed E-state index contributed by atoms with van der Waals surface area (Å²) in [5.41, 5.74) is 0.706. The van der Waals surface area contributed by atoms with E-state index in [4.69, 9.17) is 4.74 Å². The van der Waals surface area contributed by atoms with E-state index in [1.807, 2.05) is 18.2 Å². The van der Waals surface area contributed by atoms with Gasteiger partial charge >= 0.3 is 6.09 Å². The highest BCUT2D eigenvalue weighted by Gasteiger charge is 2.75. The molecule has 4 fully saturated rings. The number of nitrogens with one attached hydrogen (secondary N) is 1. The van der Waals surface area contributed by atoms with Crippen molar-refractivity contribution in [2.45, 2.75) is 18.7 Å². The molecule has 4 aliphatic carbocycles. The van der Waals surface area contributed by atoms with Crippen molar-refractivity contribution in [3.05, 3.63) is 30.3 Å². The minimum atomic E-state index is -0.741. The average Bonchev–Trinajstić information content (AvgIpc) is 2.69. The Balaban J connectivity index is 1.40. The summed E-state index contributed by atoms with van der Waals surface area (Å²) in [4.78, 5) is 11.7. The number of para-hydroxylation sites is 1. The Morgan fingerprint density at radius 3 is 2.56 bits per heavy atom. The van der Waals surface area contributed by atoms with Gasteiger partial charge in [-0.25, -0.2) is 9.18 Å². The molecule has 1 N–H and O–H groups in total. The molecule has 3 nitrogen and oxygen atoms in total. The maximum atomic E-state index is 13.7. The van der Waals surface area contributed by atoms with Crippen LogP contribution in [0.2, 0.25) is 0 Å². The first-order chi connectivity index (χ1) is 8.75. The van der Waals surface area contributed by atoms with E-state index in [0.717, 1.165) is 6.42 Å². The third kappa shape index (κ3) is 1.32. The van der Waals surface area contributed by atoms with Crippen LogP contribution in [0.15, 0.2) is 30.3 Å². The highest BCUT2D eigenvalue weighted by atomic mass is 19.1. The first-order valence-corrected chi connectivity index (χ1v) is 6.42. The summed E-state index contributed by atoms with van der Waals surface area (Å²) in [5.74, 6) is 0.919. The number of anilines is 1. The summed E-state index contributed by atoms with van der Waals surface area (Å²) >= 11 is 0. The summed E-state index contributed by atoms with van der Waals surface area (Å²) in [6.07, 6.45) is -0.496. The van der Waals surface area contributed by atoms with Gasteiger partial charge in [-0.2, -0.15) is 0 Å². The SMILES string of the molecule is O=C(Nc1ccccc1)O[C@@H]1C2C3CC1[C@@H](F)C32. The van der Waals surface area contributed by atoms with Crippen LogP contribution in [0.5, 0.6) is 0 Å². The van der Waals surface area contributed by atoms with Crippen LogP contribution in [0.4, 0.5) is 14.9 Å². The zero-order valence-electron chi connectivity index (χ0n) is 9.75. The highest BCUT2D eigenvalue weighted by Crippen LogP contribution is 2.72. The minimum Gasteiger partial charge on any atom is -0.445 e. The number of carbonyl (C=O) groups excluding carboxylic acids is 1. The zero-order chi connectivity index (χ0) is 12.3. The molecule has 94 valence electrons. The molecule has 4 saturated carbocycles. The van der Waals surface area contributed by atoms with Crippen molar-refractivity contribution in [3.8, 4) is 0 Å². The van der Waals surface area contributed by atoms with Crippen LogP contribution >= 0.6 is 0 Å². The van der Waals surface area contributed by atoms with Gasteiger partial charge in [-0.05, 0) is 24.5 Å². The fourth-order valence-corrected chi connectivity index (χ4v) is 3.94. The van der Waals surface area contributed by atoms with Gasteiger partial charge in [0.1, 0.15) is 12.3 Å². The van der Waals surface area contributed by atoms with Crippen LogP contribution in [0.1, 0.15) is 6.42 Å². The normalized spacial score (nSPS) is 42.7. The van der Waals surface area contributed by atoms with Crippen LogP contribution in [0.3, 0.4) is 0 Å². The summed E-state index contributed by atoms with van der Waals surface area (Å²) in [6.45, 7) is 0. The van der Waals surface area contributed by atoms with Gasteiger partial charge in [0, 0.05) is 23.4 Å². The monoisotopic (exact) mass is 247 g/mol. The molecular weight excluding hydrogens is 233 g/mol. The van der Waals surface area contributed by atoms with Gasteiger partial charge in [0.2, 0.25) is 0 Å². The Labute approximate surface area is 104 Å². The quantitative estimate of drug-likeness (QED) is 0.872. The first kappa shape index (κ1) is 10.4. The average molecular weight is 247 g/mol. The van der Waals surface area contributed by atoms with Crippen LogP contribution in [0, 0.1) is 23.7 Å². The second-order valence-electron chi connectivity index (χ2n) is 5.52. The van der Waals surface area contributed by atoms with E-state index >= 15 is 0 Å². The second-order valence-corrected chi connectivity index (χ2v) is 5.52. The van der Waals surface area contributed by atoms with Gasteiger partial charge in [-0.1, -0.05) is 18.2 Å². The summed E-state index contributed by atoms with van der Waals surface area (Å²) in [5, 5.41) is 2.68. The molecule has 1 amide bonds. The fraction of sp³-hybridized carbons (Fsp3) is 0.500. The van der Waals surface area contributed by atoms with E-state index in [9.17, 15) is 9.18 Å². The molecule has 0 saturated heterocycles. The molecule has 4 heteroatoms. The Hall–Kier alpha value is -1.58. The van der Waals surface area contributed by atoms with Crippen molar-refractivity contribution in [1.82, 2.24) is 0 Å². The Morgan fingerprint density at radius 1 is 1.22 bits per heavy atom. The standard InChI is InChI=1S/C14H14FNO2/c15-12-9-6-8-10(12)11(8)13(9)18-14(17)16-7-4-2-1-3-5-7/h1-5,8-13H,6H2,(H,16,17)/t8?,9?,10?,11?,12-,13+/m1/s1. The number of halogens is 1. The number of benzene rings is 1. The topological polar surface area (TPSA) is 38.3 Å². The smallest absolute Gasteiger partial charge is 0.411 e. The van der Waals surface area contributed by atoms with Crippen molar-refractivity contribution < 1.29 is 13.9 Å². The van der Waals surface area contributed by atoms with E-state index < -0.39 is 12.3 Å². The molecule has 0 spiro atoms. The largest absolute Gasteiger partial charge is 0.445 e. The van der Waals surface area contributed by atoms with E-state index in [1.54, 1.807) is 12.1 Å². The molecule has 6 atom stereocenters. The lowest BCUT2D eigenvalue weighted by Crippen LogP contribution is -2.27. The molecule has 1 aromatic rings. The zero-order valence-corrected chi connectivity index (χ0v) is 9.75. The maximum Gasteiger partial charge on any atom is 0.411 e. The highest BCUT2D eigenvalue weighted by molar-refractivity contribution is 5.84. The van der Waals surface area contributed by atoms with Gasteiger partial charge in [0.05, 0.1) is 0 Å². The van der Waals surface area contributed by atoms with Crippen molar-refractivity contribution >= 4 is 11.8 Å². The van der Waals surface area contributed by atoms with Crippen molar-refractivity contribution in [1.29, 1.82) is 0 Å². The fourth-order valence-electron chi connectivity index (χ4n) is 3.94. The molecule has 1 aromatic carbocycles. The molecule has 0 radical (unpaired) electrons.